The molecule has 1 aromatic carbocycles. The molecule has 3 aliphatic rings. The SMILES string of the molecule is COC(=O)c1cccc(N2CCN([C@@H]3CC[C@@](C(=O)O)(C4CC4)OC3)C[C@@H]2C)c1. The van der Waals surface area contributed by atoms with E-state index in [1.165, 1.54) is 7.11 Å². The Labute approximate surface area is 171 Å². The molecule has 2 saturated heterocycles. The zero-order chi connectivity index (χ0) is 20.6. The van der Waals surface area contributed by atoms with Gasteiger partial charge in [0.2, 0.25) is 0 Å². The van der Waals surface area contributed by atoms with Crippen LogP contribution in [0.3, 0.4) is 0 Å². The lowest BCUT2D eigenvalue weighted by Crippen LogP contribution is -2.59. The summed E-state index contributed by atoms with van der Waals surface area (Å²) < 4.78 is 10.8. The van der Waals surface area contributed by atoms with Crippen molar-refractivity contribution < 1.29 is 24.2 Å². The third-order valence-electron chi connectivity index (χ3n) is 6.76. The Bertz CT molecular complexity index is 770. The number of rotatable bonds is 5. The van der Waals surface area contributed by atoms with Crippen LogP contribution in [0.5, 0.6) is 0 Å². The number of hydrogen-bond donors (Lipinski definition) is 1. The van der Waals surface area contributed by atoms with E-state index >= 15 is 0 Å². The van der Waals surface area contributed by atoms with E-state index < -0.39 is 11.6 Å². The Hall–Kier alpha value is -2.12. The minimum Gasteiger partial charge on any atom is -0.479 e. The largest absolute Gasteiger partial charge is 0.479 e. The average molecular weight is 402 g/mol. The molecule has 1 N–H and O–H groups in total. The fourth-order valence-corrected chi connectivity index (χ4v) is 4.91. The van der Waals surface area contributed by atoms with E-state index in [2.05, 4.69) is 16.7 Å². The van der Waals surface area contributed by atoms with Gasteiger partial charge in [0.15, 0.2) is 5.60 Å². The van der Waals surface area contributed by atoms with E-state index in [0.717, 1.165) is 44.6 Å². The second-order valence-corrected chi connectivity index (χ2v) is 8.55. The first-order chi connectivity index (χ1) is 13.9. The minimum absolute atomic E-state index is 0.193. The zero-order valence-corrected chi connectivity index (χ0v) is 17.2. The number of methoxy groups -OCH3 is 1. The molecular weight excluding hydrogens is 372 g/mol. The normalized spacial score (nSPS) is 30.8. The number of nitrogens with zero attached hydrogens (tertiary/aromatic N) is 2. The van der Waals surface area contributed by atoms with Gasteiger partial charge in [0.1, 0.15) is 0 Å². The van der Waals surface area contributed by atoms with Crippen LogP contribution in [0.15, 0.2) is 24.3 Å². The summed E-state index contributed by atoms with van der Waals surface area (Å²) in [4.78, 5) is 28.4. The molecule has 1 saturated carbocycles. The number of benzene rings is 1. The molecule has 1 aromatic rings. The highest BCUT2D eigenvalue weighted by Gasteiger charge is 2.54. The van der Waals surface area contributed by atoms with Crippen molar-refractivity contribution in [3.63, 3.8) is 0 Å². The number of carbonyl (C=O) groups is 2. The van der Waals surface area contributed by atoms with Crippen LogP contribution in [-0.4, -0.2) is 73.0 Å². The lowest BCUT2D eigenvalue weighted by atomic mass is 9.86. The van der Waals surface area contributed by atoms with Crippen molar-refractivity contribution in [1.82, 2.24) is 4.90 Å². The third-order valence-corrected chi connectivity index (χ3v) is 6.76. The van der Waals surface area contributed by atoms with Crippen molar-refractivity contribution in [2.75, 3.05) is 38.3 Å². The minimum atomic E-state index is -0.946. The zero-order valence-electron chi connectivity index (χ0n) is 17.2. The van der Waals surface area contributed by atoms with Crippen molar-refractivity contribution in [2.24, 2.45) is 5.92 Å². The second-order valence-electron chi connectivity index (χ2n) is 8.55. The van der Waals surface area contributed by atoms with Gasteiger partial charge in [-0.1, -0.05) is 6.07 Å². The predicted molar refractivity (Wildman–Crippen MR) is 108 cm³/mol. The number of anilines is 1. The Morgan fingerprint density at radius 3 is 2.62 bits per heavy atom. The van der Waals surface area contributed by atoms with Gasteiger partial charge < -0.3 is 19.5 Å². The molecular formula is C22H30N2O5. The highest BCUT2D eigenvalue weighted by molar-refractivity contribution is 5.90. The van der Waals surface area contributed by atoms with Gasteiger partial charge >= 0.3 is 11.9 Å². The van der Waals surface area contributed by atoms with Gasteiger partial charge in [-0.15, -0.1) is 0 Å². The number of hydrogen-bond acceptors (Lipinski definition) is 6. The number of aliphatic carboxylic acids is 1. The summed E-state index contributed by atoms with van der Waals surface area (Å²) in [7, 11) is 1.39. The van der Waals surface area contributed by atoms with Crippen LogP contribution in [0.2, 0.25) is 0 Å². The first kappa shape index (κ1) is 20.2. The van der Waals surface area contributed by atoms with Crippen LogP contribution >= 0.6 is 0 Å². The number of esters is 1. The first-order valence-electron chi connectivity index (χ1n) is 10.5. The summed E-state index contributed by atoms with van der Waals surface area (Å²) in [5.41, 5.74) is 0.641. The van der Waals surface area contributed by atoms with Crippen molar-refractivity contribution in [1.29, 1.82) is 0 Å². The summed E-state index contributed by atoms with van der Waals surface area (Å²) in [5, 5.41) is 9.70. The fraction of sp³-hybridized carbons (Fsp3) is 0.636. The number of carboxylic acid groups (broad SMARTS) is 1. The van der Waals surface area contributed by atoms with Crippen molar-refractivity contribution >= 4 is 17.6 Å². The Balaban J connectivity index is 1.37. The maximum atomic E-state index is 11.8. The molecule has 7 nitrogen and oxygen atoms in total. The molecule has 1 aliphatic carbocycles. The fourth-order valence-electron chi connectivity index (χ4n) is 4.91. The molecule has 158 valence electrons. The van der Waals surface area contributed by atoms with E-state index in [-0.39, 0.29) is 24.0 Å². The summed E-state index contributed by atoms with van der Waals surface area (Å²) in [6, 6.07) is 8.12. The van der Waals surface area contributed by atoms with Crippen LogP contribution in [-0.2, 0) is 14.3 Å². The maximum Gasteiger partial charge on any atom is 0.337 e. The molecule has 3 fully saturated rings. The summed E-state index contributed by atoms with van der Waals surface area (Å²) >= 11 is 0. The molecule has 0 amide bonds. The van der Waals surface area contributed by atoms with E-state index in [4.69, 9.17) is 9.47 Å². The molecule has 2 heterocycles. The van der Waals surface area contributed by atoms with Crippen LogP contribution < -0.4 is 4.90 Å². The van der Waals surface area contributed by atoms with Crippen LogP contribution in [0.25, 0.3) is 0 Å². The molecule has 4 rings (SSSR count). The van der Waals surface area contributed by atoms with Gasteiger partial charge in [-0.25, -0.2) is 9.59 Å². The predicted octanol–water partition coefficient (Wildman–Crippen LogP) is 2.40. The van der Waals surface area contributed by atoms with Gasteiger partial charge in [-0.3, -0.25) is 4.90 Å². The lowest BCUT2D eigenvalue weighted by Gasteiger charge is -2.47. The highest BCUT2D eigenvalue weighted by atomic mass is 16.5. The number of piperazine rings is 1. The van der Waals surface area contributed by atoms with E-state index in [0.29, 0.717) is 18.6 Å². The summed E-state index contributed by atoms with van der Waals surface area (Å²) in [6.45, 7) is 5.32. The molecule has 2 aliphatic heterocycles. The molecule has 3 atom stereocenters. The third kappa shape index (κ3) is 3.85. The quantitative estimate of drug-likeness (QED) is 0.758. The van der Waals surface area contributed by atoms with Crippen molar-refractivity contribution in [3.8, 4) is 0 Å². The van der Waals surface area contributed by atoms with E-state index in [9.17, 15) is 14.7 Å². The molecule has 7 heteroatoms. The Kier molecular flexibility index (Phi) is 5.53. The molecule has 0 unspecified atom stereocenters. The maximum absolute atomic E-state index is 11.8. The van der Waals surface area contributed by atoms with Gasteiger partial charge in [0, 0.05) is 37.4 Å². The van der Waals surface area contributed by atoms with Crippen LogP contribution in [0, 0.1) is 5.92 Å². The first-order valence-corrected chi connectivity index (χ1v) is 10.5. The number of carbonyl (C=O) groups excluding carboxylic acids is 1. The Morgan fingerprint density at radius 2 is 2.03 bits per heavy atom. The number of ether oxygens (including phenoxy) is 2. The summed E-state index contributed by atoms with van der Waals surface area (Å²) in [6.07, 6.45) is 3.41. The van der Waals surface area contributed by atoms with Crippen LogP contribution in [0.1, 0.15) is 43.0 Å². The van der Waals surface area contributed by atoms with E-state index in [1.807, 2.05) is 18.2 Å². The van der Waals surface area contributed by atoms with Gasteiger partial charge in [-0.2, -0.15) is 0 Å². The van der Waals surface area contributed by atoms with Gasteiger partial charge in [0.05, 0.1) is 19.3 Å². The Morgan fingerprint density at radius 1 is 1.24 bits per heavy atom. The molecule has 0 radical (unpaired) electrons. The summed E-state index contributed by atoms with van der Waals surface area (Å²) in [5.74, 6) is -0.920. The average Bonchev–Trinajstić information content (AvgIpc) is 3.59. The van der Waals surface area contributed by atoms with Gasteiger partial charge in [-0.05, 0) is 56.7 Å². The monoisotopic (exact) mass is 402 g/mol. The molecule has 0 spiro atoms. The van der Waals surface area contributed by atoms with E-state index in [1.54, 1.807) is 6.07 Å². The number of carboxylic acids is 1. The highest BCUT2D eigenvalue weighted by Crippen LogP contribution is 2.47. The standard InChI is InChI=1S/C22H30N2O5/c1-15-13-23(19-8-9-22(21(26)27,29-14-19)17-6-7-17)10-11-24(15)18-5-3-4-16(12-18)20(25)28-2/h3-5,12,15,17,19H,6-11,13-14H2,1-2H3,(H,26,27)/t15-,19+,22-/m0/s1. The van der Waals surface area contributed by atoms with Crippen molar-refractivity contribution in [2.45, 2.75) is 50.3 Å². The lowest BCUT2D eigenvalue weighted by molar-refractivity contribution is -0.182. The van der Waals surface area contributed by atoms with Crippen LogP contribution in [0.4, 0.5) is 5.69 Å². The smallest absolute Gasteiger partial charge is 0.337 e. The van der Waals surface area contributed by atoms with Crippen molar-refractivity contribution in [3.05, 3.63) is 29.8 Å². The molecule has 29 heavy (non-hydrogen) atoms. The van der Waals surface area contributed by atoms with Gasteiger partial charge in [0.25, 0.3) is 0 Å². The second kappa shape index (κ2) is 7.95. The molecule has 0 bridgehead atoms. The molecule has 0 aromatic heterocycles. The topological polar surface area (TPSA) is 79.3 Å².